The van der Waals surface area contributed by atoms with E-state index in [1.807, 2.05) is 0 Å². The van der Waals surface area contributed by atoms with E-state index in [1.165, 1.54) is 0 Å². The minimum absolute atomic E-state index is 0.109. The first-order valence-corrected chi connectivity index (χ1v) is 8.06. The van der Waals surface area contributed by atoms with Gasteiger partial charge in [-0.25, -0.2) is 0 Å². The van der Waals surface area contributed by atoms with Crippen LogP contribution in [0.25, 0.3) is 0 Å². The van der Waals surface area contributed by atoms with Crippen molar-refractivity contribution >= 4 is 10.1 Å². The van der Waals surface area contributed by atoms with E-state index >= 15 is 0 Å². The minimum Gasteiger partial charge on any atom is -0.379 e. The summed E-state index contributed by atoms with van der Waals surface area (Å²) in [6.07, 6.45) is 4.76. The summed E-state index contributed by atoms with van der Waals surface area (Å²) in [6, 6.07) is 0.582. The predicted octanol–water partition coefficient (Wildman–Crippen LogP) is 0.606. The third-order valence-corrected chi connectivity index (χ3v) is 4.14. The molecule has 1 saturated carbocycles. The fourth-order valence-corrected chi connectivity index (χ4v) is 3.38. The molecule has 1 aliphatic carbocycles. The molecule has 0 aromatic heterocycles. The third-order valence-electron chi connectivity index (χ3n) is 3.52. The van der Waals surface area contributed by atoms with Gasteiger partial charge in [-0.05, 0) is 25.7 Å². The summed E-state index contributed by atoms with van der Waals surface area (Å²) >= 11 is 0. The van der Waals surface area contributed by atoms with Crippen LogP contribution in [0.5, 0.6) is 0 Å². The topological polar surface area (TPSA) is 55.8 Å². The van der Waals surface area contributed by atoms with Gasteiger partial charge in [-0.3, -0.25) is 9.08 Å². The Labute approximate surface area is 103 Å². The summed E-state index contributed by atoms with van der Waals surface area (Å²) in [4.78, 5) is 2.46. The Balaban J connectivity index is 1.77. The van der Waals surface area contributed by atoms with E-state index in [-0.39, 0.29) is 6.10 Å². The fraction of sp³-hybridized carbons (Fsp3) is 1.00. The molecule has 2 aliphatic rings. The lowest BCUT2D eigenvalue weighted by molar-refractivity contribution is -0.000402. The molecule has 0 N–H and O–H groups in total. The van der Waals surface area contributed by atoms with Gasteiger partial charge in [0.25, 0.3) is 10.1 Å². The average molecular weight is 263 g/mol. The van der Waals surface area contributed by atoms with E-state index < -0.39 is 10.1 Å². The molecule has 0 amide bonds. The Bertz CT molecular complexity index is 329. The number of morpholine rings is 1. The van der Waals surface area contributed by atoms with Crippen molar-refractivity contribution in [1.29, 1.82) is 0 Å². The molecule has 1 aliphatic heterocycles. The maximum Gasteiger partial charge on any atom is 0.264 e. The molecule has 17 heavy (non-hydrogen) atoms. The highest BCUT2D eigenvalue weighted by atomic mass is 32.2. The van der Waals surface area contributed by atoms with Gasteiger partial charge >= 0.3 is 0 Å². The molecule has 2 fully saturated rings. The van der Waals surface area contributed by atoms with Crippen LogP contribution in [0.15, 0.2) is 0 Å². The maximum atomic E-state index is 11.0. The molecule has 0 bridgehead atoms. The van der Waals surface area contributed by atoms with Gasteiger partial charge < -0.3 is 4.74 Å². The SMILES string of the molecule is CS(=O)(=O)OC1CCC(N2CCOCC2)CC1. The highest BCUT2D eigenvalue weighted by Gasteiger charge is 2.28. The molecule has 0 unspecified atom stereocenters. The van der Waals surface area contributed by atoms with E-state index in [4.69, 9.17) is 8.92 Å². The Hall–Kier alpha value is -0.170. The monoisotopic (exact) mass is 263 g/mol. The van der Waals surface area contributed by atoms with Gasteiger partial charge in [0, 0.05) is 19.1 Å². The summed E-state index contributed by atoms with van der Waals surface area (Å²) < 4.78 is 32.4. The lowest BCUT2D eigenvalue weighted by Crippen LogP contribution is -2.45. The zero-order chi connectivity index (χ0) is 12.3. The van der Waals surface area contributed by atoms with Gasteiger partial charge in [0.1, 0.15) is 0 Å². The van der Waals surface area contributed by atoms with E-state index in [0.717, 1.165) is 58.2 Å². The number of rotatable bonds is 3. The van der Waals surface area contributed by atoms with Gasteiger partial charge in [0.05, 0.1) is 25.6 Å². The lowest BCUT2D eigenvalue weighted by Gasteiger charge is -2.38. The summed E-state index contributed by atoms with van der Waals surface area (Å²) in [5.41, 5.74) is 0. The number of nitrogens with zero attached hydrogens (tertiary/aromatic N) is 1. The maximum absolute atomic E-state index is 11.0. The van der Waals surface area contributed by atoms with Crippen LogP contribution in [0.3, 0.4) is 0 Å². The van der Waals surface area contributed by atoms with Crippen molar-refractivity contribution in [2.45, 2.75) is 37.8 Å². The van der Waals surface area contributed by atoms with Crippen molar-refractivity contribution < 1.29 is 17.3 Å². The molecular weight excluding hydrogens is 242 g/mol. The van der Waals surface area contributed by atoms with E-state index in [0.29, 0.717) is 6.04 Å². The molecule has 0 atom stereocenters. The Morgan fingerprint density at radius 1 is 1.12 bits per heavy atom. The lowest BCUT2D eigenvalue weighted by atomic mass is 9.92. The van der Waals surface area contributed by atoms with Gasteiger partial charge in [-0.2, -0.15) is 8.42 Å². The molecule has 0 aromatic carbocycles. The molecular formula is C11H21NO4S. The molecule has 100 valence electrons. The Morgan fingerprint density at radius 2 is 1.71 bits per heavy atom. The van der Waals surface area contributed by atoms with Crippen molar-refractivity contribution in [3.63, 3.8) is 0 Å². The first kappa shape index (κ1) is 13.3. The van der Waals surface area contributed by atoms with Crippen molar-refractivity contribution in [2.24, 2.45) is 0 Å². The van der Waals surface area contributed by atoms with E-state index in [2.05, 4.69) is 4.90 Å². The van der Waals surface area contributed by atoms with Crippen LogP contribution < -0.4 is 0 Å². The van der Waals surface area contributed by atoms with Crippen molar-refractivity contribution in [2.75, 3.05) is 32.6 Å². The number of ether oxygens (including phenoxy) is 1. The van der Waals surface area contributed by atoms with Crippen LogP contribution in [-0.4, -0.2) is 58.0 Å². The average Bonchev–Trinajstić information content (AvgIpc) is 2.29. The highest BCUT2D eigenvalue weighted by Crippen LogP contribution is 2.26. The summed E-state index contributed by atoms with van der Waals surface area (Å²) in [5, 5.41) is 0. The van der Waals surface area contributed by atoms with Gasteiger partial charge in [-0.15, -0.1) is 0 Å². The quantitative estimate of drug-likeness (QED) is 0.698. The second kappa shape index (κ2) is 5.65. The van der Waals surface area contributed by atoms with Crippen LogP contribution in [0.4, 0.5) is 0 Å². The molecule has 6 heteroatoms. The summed E-state index contributed by atoms with van der Waals surface area (Å²) in [6.45, 7) is 3.64. The van der Waals surface area contributed by atoms with Crippen LogP contribution >= 0.6 is 0 Å². The van der Waals surface area contributed by atoms with Crippen molar-refractivity contribution in [1.82, 2.24) is 4.90 Å². The Morgan fingerprint density at radius 3 is 2.24 bits per heavy atom. The largest absolute Gasteiger partial charge is 0.379 e. The second-order valence-corrected chi connectivity index (χ2v) is 6.48. The molecule has 0 spiro atoms. The molecule has 5 nitrogen and oxygen atoms in total. The molecule has 1 saturated heterocycles. The second-order valence-electron chi connectivity index (χ2n) is 4.88. The Kier molecular flexibility index (Phi) is 4.41. The van der Waals surface area contributed by atoms with Crippen LogP contribution in [0.1, 0.15) is 25.7 Å². The molecule has 2 rings (SSSR count). The zero-order valence-electron chi connectivity index (χ0n) is 10.3. The number of hydrogen-bond acceptors (Lipinski definition) is 5. The molecule has 0 radical (unpaired) electrons. The summed E-state index contributed by atoms with van der Waals surface area (Å²) in [5.74, 6) is 0. The molecule has 1 heterocycles. The van der Waals surface area contributed by atoms with Gasteiger partial charge in [-0.1, -0.05) is 0 Å². The minimum atomic E-state index is -3.30. The van der Waals surface area contributed by atoms with Gasteiger partial charge in [0.2, 0.25) is 0 Å². The number of hydrogen-bond donors (Lipinski definition) is 0. The normalized spacial score (nSPS) is 32.5. The van der Waals surface area contributed by atoms with Crippen LogP contribution in [0.2, 0.25) is 0 Å². The fourth-order valence-electron chi connectivity index (χ4n) is 2.70. The molecule has 0 aromatic rings. The van der Waals surface area contributed by atoms with E-state index in [9.17, 15) is 8.42 Å². The zero-order valence-corrected chi connectivity index (χ0v) is 11.1. The highest BCUT2D eigenvalue weighted by molar-refractivity contribution is 7.86. The van der Waals surface area contributed by atoms with E-state index in [1.54, 1.807) is 0 Å². The van der Waals surface area contributed by atoms with Crippen LogP contribution in [0, 0.1) is 0 Å². The van der Waals surface area contributed by atoms with Crippen LogP contribution in [-0.2, 0) is 19.0 Å². The smallest absolute Gasteiger partial charge is 0.264 e. The van der Waals surface area contributed by atoms with Crippen molar-refractivity contribution in [3.05, 3.63) is 0 Å². The first-order valence-electron chi connectivity index (χ1n) is 6.24. The standard InChI is InChI=1S/C11H21NO4S/c1-17(13,14)16-11-4-2-10(3-5-11)12-6-8-15-9-7-12/h10-11H,2-9H2,1H3. The predicted molar refractivity (Wildman–Crippen MR) is 64.4 cm³/mol. The van der Waals surface area contributed by atoms with Gasteiger partial charge in [0.15, 0.2) is 0 Å². The third kappa shape index (κ3) is 4.21. The first-order chi connectivity index (χ1) is 8.04. The van der Waals surface area contributed by atoms with Crippen molar-refractivity contribution in [3.8, 4) is 0 Å². The summed E-state index contributed by atoms with van der Waals surface area (Å²) in [7, 11) is -3.30.